The Hall–Kier alpha value is -4.28. The van der Waals surface area contributed by atoms with E-state index in [0.29, 0.717) is 6.54 Å². The number of fused-ring (bicyclic) bond motifs is 2. The number of aromatic nitrogens is 2. The summed E-state index contributed by atoms with van der Waals surface area (Å²) in [6.45, 7) is 8.69. The number of halogens is 1. The molecule has 0 bridgehead atoms. The number of hydrogen-bond donors (Lipinski definition) is 2. The number of aliphatic hydroxyl groups is 1. The molecule has 2 aliphatic heterocycles. The normalized spacial score (nSPS) is 16.3. The van der Waals surface area contributed by atoms with Crippen molar-refractivity contribution in [3.8, 4) is 22.6 Å². The number of ether oxygens (including phenoxy) is 2. The number of benzene rings is 3. The van der Waals surface area contributed by atoms with Gasteiger partial charge in [0.15, 0.2) is 17.3 Å². The minimum Gasteiger partial charge on any atom is -0.486 e. The predicted octanol–water partition coefficient (Wildman–Crippen LogP) is 5.00. The second-order valence-electron chi connectivity index (χ2n) is 11.8. The summed E-state index contributed by atoms with van der Waals surface area (Å²) < 4.78 is 27.7. The molecule has 9 nitrogen and oxygen atoms in total. The number of carbonyl (C=O) groups is 2. The Balaban J connectivity index is 1.19. The lowest BCUT2D eigenvalue weighted by Crippen LogP contribution is -2.48. The lowest BCUT2D eigenvalue weighted by Gasteiger charge is -2.29. The number of carbonyl (C=O) groups excluding carboxylic acids is 2. The average molecular weight is 601 g/mol. The molecule has 1 amide bonds. The summed E-state index contributed by atoms with van der Waals surface area (Å²) in [5.74, 6) is -2.00. The van der Waals surface area contributed by atoms with Crippen molar-refractivity contribution in [2.75, 3.05) is 32.8 Å². The third kappa shape index (κ3) is 5.92. The molecule has 2 aliphatic rings. The standard InChI is InChI=1S/C34H37FN4O5/c1-20(2)39-21(3)26-11-10-24(17-28(26)37-39)22-6-8-23(9-7-22)32(41)34(42)36-29(19-38-12-4-5-13-38)31(40)25-16-27(35)33-30(18-25)43-14-15-44-33/h6-11,16-18,20,29,31,40H,4-5,12-15,19H2,1-3H3,(H,36,42)/t29-,31+/m1/s1. The summed E-state index contributed by atoms with van der Waals surface area (Å²) in [7, 11) is 0. The molecule has 0 radical (unpaired) electrons. The van der Waals surface area contributed by atoms with Crippen LogP contribution in [-0.4, -0.2) is 70.4 Å². The van der Waals surface area contributed by atoms with Crippen molar-refractivity contribution in [1.82, 2.24) is 20.0 Å². The summed E-state index contributed by atoms with van der Waals surface area (Å²) in [6, 6.07) is 15.1. The zero-order valence-electron chi connectivity index (χ0n) is 25.2. The number of nitrogens with one attached hydrogen (secondary N) is 1. The van der Waals surface area contributed by atoms with Crippen LogP contribution in [0.15, 0.2) is 54.6 Å². The van der Waals surface area contributed by atoms with E-state index < -0.39 is 29.7 Å². The molecule has 3 heterocycles. The summed E-state index contributed by atoms with van der Waals surface area (Å²) in [5.41, 5.74) is 4.32. The summed E-state index contributed by atoms with van der Waals surface area (Å²) in [4.78, 5) is 28.6. The van der Waals surface area contributed by atoms with Crippen LogP contribution in [0.5, 0.6) is 11.5 Å². The van der Waals surface area contributed by atoms with Crippen LogP contribution in [0.2, 0.25) is 0 Å². The summed E-state index contributed by atoms with van der Waals surface area (Å²) in [5, 5.41) is 19.9. The highest BCUT2D eigenvalue weighted by Crippen LogP contribution is 2.36. The Morgan fingerprint density at radius 3 is 2.43 bits per heavy atom. The van der Waals surface area contributed by atoms with Gasteiger partial charge < -0.3 is 24.8 Å². The SMILES string of the molecule is Cc1c2ccc(-c3ccc(C(=O)C(=O)N[C@H](CN4CCCC4)[C@@H](O)c4cc(F)c5c(c4)OCCO5)cc3)cc2nn1C(C)C. The smallest absolute Gasteiger partial charge is 0.292 e. The Morgan fingerprint density at radius 2 is 1.70 bits per heavy atom. The molecule has 44 heavy (non-hydrogen) atoms. The topological polar surface area (TPSA) is 106 Å². The van der Waals surface area contributed by atoms with Crippen LogP contribution in [-0.2, 0) is 4.79 Å². The first-order valence-electron chi connectivity index (χ1n) is 15.1. The fourth-order valence-electron chi connectivity index (χ4n) is 6.10. The van der Waals surface area contributed by atoms with Crippen molar-refractivity contribution in [3.05, 3.63) is 77.2 Å². The van der Waals surface area contributed by atoms with Crippen molar-refractivity contribution in [1.29, 1.82) is 0 Å². The van der Waals surface area contributed by atoms with Crippen LogP contribution in [0.25, 0.3) is 22.0 Å². The average Bonchev–Trinajstić information content (AvgIpc) is 3.67. The maximum absolute atomic E-state index is 14.8. The highest BCUT2D eigenvalue weighted by Gasteiger charge is 2.31. The van der Waals surface area contributed by atoms with Crippen LogP contribution in [0.4, 0.5) is 4.39 Å². The molecule has 2 N–H and O–H groups in total. The van der Waals surface area contributed by atoms with Gasteiger partial charge in [-0.15, -0.1) is 0 Å². The molecule has 1 saturated heterocycles. The molecular weight excluding hydrogens is 563 g/mol. The number of likely N-dealkylation sites (tertiary alicyclic amines) is 1. The molecule has 1 aromatic heterocycles. The minimum absolute atomic E-state index is 0.00575. The molecule has 0 spiro atoms. The number of aryl methyl sites for hydroxylation is 1. The number of Topliss-reactive ketones (excluding diaryl/α,β-unsaturated/α-hetero) is 1. The third-order valence-corrected chi connectivity index (χ3v) is 8.43. The van der Waals surface area contributed by atoms with Crippen LogP contribution in [0, 0.1) is 12.7 Å². The summed E-state index contributed by atoms with van der Waals surface area (Å²) >= 11 is 0. The molecule has 2 atom stereocenters. The van der Waals surface area contributed by atoms with Crippen molar-refractivity contribution >= 4 is 22.6 Å². The maximum atomic E-state index is 14.8. The lowest BCUT2D eigenvalue weighted by atomic mass is 9.99. The van der Waals surface area contributed by atoms with E-state index >= 15 is 0 Å². The zero-order chi connectivity index (χ0) is 31.0. The van der Waals surface area contributed by atoms with E-state index in [9.17, 15) is 19.1 Å². The van der Waals surface area contributed by atoms with Crippen LogP contribution < -0.4 is 14.8 Å². The fourth-order valence-corrected chi connectivity index (χ4v) is 6.10. The van der Waals surface area contributed by atoms with Gasteiger partial charge in [0.1, 0.15) is 19.3 Å². The van der Waals surface area contributed by atoms with Gasteiger partial charge in [0.25, 0.3) is 5.91 Å². The highest BCUT2D eigenvalue weighted by molar-refractivity contribution is 6.42. The number of hydrogen-bond acceptors (Lipinski definition) is 7. The molecule has 6 rings (SSSR count). The molecule has 0 saturated carbocycles. The summed E-state index contributed by atoms with van der Waals surface area (Å²) in [6.07, 6.45) is 0.734. The Bertz CT molecular complexity index is 1690. The number of aliphatic hydroxyl groups excluding tert-OH is 1. The maximum Gasteiger partial charge on any atom is 0.292 e. The number of ketones is 1. The van der Waals surface area contributed by atoms with Crippen LogP contribution in [0.1, 0.15) is 60.5 Å². The number of nitrogens with zero attached hydrogens (tertiary/aromatic N) is 3. The monoisotopic (exact) mass is 600 g/mol. The van der Waals surface area contributed by atoms with E-state index in [1.165, 1.54) is 12.1 Å². The number of amides is 1. The molecule has 4 aromatic rings. The van der Waals surface area contributed by atoms with Crippen LogP contribution in [0.3, 0.4) is 0 Å². The van der Waals surface area contributed by atoms with E-state index in [4.69, 9.17) is 14.6 Å². The van der Waals surface area contributed by atoms with Gasteiger partial charge in [-0.25, -0.2) is 4.39 Å². The first kappa shape index (κ1) is 29.8. The van der Waals surface area contributed by atoms with E-state index in [0.717, 1.165) is 53.7 Å². The molecular formula is C34H37FN4O5. The first-order chi connectivity index (χ1) is 21.2. The van der Waals surface area contributed by atoms with Crippen molar-refractivity contribution < 1.29 is 28.6 Å². The predicted molar refractivity (Wildman–Crippen MR) is 165 cm³/mol. The van der Waals surface area contributed by atoms with E-state index in [-0.39, 0.29) is 41.9 Å². The highest BCUT2D eigenvalue weighted by atomic mass is 19.1. The van der Waals surface area contributed by atoms with Gasteiger partial charge in [0.2, 0.25) is 5.78 Å². The zero-order valence-corrected chi connectivity index (χ0v) is 25.2. The van der Waals surface area contributed by atoms with Gasteiger partial charge in [-0.3, -0.25) is 14.3 Å². The van der Waals surface area contributed by atoms with Crippen LogP contribution >= 0.6 is 0 Å². The molecule has 0 aliphatic carbocycles. The fraction of sp³-hybridized carbons (Fsp3) is 0.382. The van der Waals surface area contributed by atoms with Gasteiger partial charge in [0.05, 0.1) is 11.6 Å². The minimum atomic E-state index is -1.28. The molecule has 3 aromatic carbocycles. The van der Waals surface area contributed by atoms with Crippen molar-refractivity contribution in [3.63, 3.8) is 0 Å². The second-order valence-corrected chi connectivity index (χ2v) is 11.8. The van der Waals surface area contributed by atoms with Gasteiger partial charge in [-0.2, -0.15) is 5.10 Å². The lowest BCUT2D eigenvalue weighted by molar-refractivity contribution is -0.118. The molecule has 1 fully saturated rings. The Morgan fingerprint density at radius 1 is 1.00 bits per heavy atom. The van der Waals surface area contributed by atoms with Crippen molar-refractivity contribution in [2.24, 2.45) is 0 Å². The largest absolute Gasteiger partial charge is 0.486 e. The Labute approximate surface area is 255 Å². The van der Waals surface area contributed by atoms with E-state index in [1.807, 2.05) is 28.9 Å². The van der Waals surface area contributed by atoms with Gasteiger partial charge in [-0.1, -0.05) is 36.4 Å². The van der Waals surface area contributed by atoms with E-state index in [1.54, 1.807) is 12.1 Å². The number of rotatable bonds is 9. The molecule has 10 heteroatoms. The van der Waals surface area contributed by atoms with Gasteiger partial charge in [-0.05, 0) is 81.6 Å². The Kier molecular flexibility index (Phi) is 8.38. The molecule has 230 valence electrons. The first-order valence-corrected chi connectivity index (χ1v) is 15.1. The third-order valence-electron chi connectivity index (χ3n) is 8.43. The molecule has 0 unspecified atom stereocenters. The van der Waals surface area contributed by atoms with Gasteiger partial charge >= 0.3 is 0 Å². The second kappa shape index (κ2) is 12.4. The quantitative estimate of drug-likeness (QED) is 0.206. The van der Waals surface area contributed by atoms with E-state index in [2.05, 4.69) is 37.1 Å². The van der Waals surface area contributed by atoms with Gasteiger partial charge in [0, 0.05) is 29.2 Å². The van der Waals surface area contributed by atoms with Crippen molar-refractivity contribution in [2.45, 2.75) is 51.8 Å².